The van der Waals surface area contributed by atoms with Crippen LogP contribution in [-0.4, -0.2) is 0 Å². The van der Waals surface area contributed by atoms with Gasteiger partial charge in [0.15, 0.2) is 0 Å². The second-order valence-corrected chi connectivity index (χ2v) is 18.6. The topological polar surface area (TPSA) is 29.5 Å². The molecule has 2 heterocycles. The Morgan fingerprint density at radius 2 is 0.829 bits per heavy atom. The number of hydrogen-bond acceptors (Lipinski definition) is 3. The number of benzene rings is 11. The summed E-state index contributed by atoms with van der Waals surface area (Å²) in [5.74, 6) is 0. The number of anilines is 3. The molecule has 0 saturated carbocycles. The zero-order chi connectivity index (χ0) is 45.9. The highest BCUT2D eigenvalue weighted by molar-refractivity contribution is 6.24. The van der Waals surface area contributed by atoms with Gasteiger partial charge < -0.3 is 13.7 Å². The maximum Gasteiger partial charge on any atom is 0.144 e. The molecule has 3 heteroatoms. The van der Waals surface area contributed by atoms with Crippen LogP contribution in [-0.2, 0) is 5.41 Å². The molecule has 0 radical (unpaired) electrons. The predicted octanol–water partition coefficient (Wildman–Crippen LogP) is 18.3. The standard InChI is InChI=1S/C67H41NO2/c1-3-18-42(19-4-1)47-22-10-15-32-60(47)68(46-38-39-52-51-25-9-14-31-58(51)67(59(52)40-46)56-29-12-7-23-49(56)50-24-8-13-30-57(50)67)45-36-34-43(35-37-45)48-27-17-28-53-55-41-62-64(54-26-11-16-33-61(54)69-62)63(66(55)70-65(48)53)44-20-5-2-6-21-44/h1-41H. The van der Waals surface area contributed by atoms with Gasteiger partial charge in [0.2, 0.25) is 0 Å². The van der Waals surface area contributed by atoms with Crippen molar-refractivity contribution in [3.05, 3.63) is 271 Å². The molecule has 2 aliphatic carbocycles. The van der Waals surface area contributed by atoms with E-state index >= 15 is 0 Å². The first kappa shape index (κ1) is 38.9. The van der Waals surface area contributed by atoms with Gasteiger partial charge in [-0.25, -0.2) is 0 Å². The number of rotatable bonds is 6. The molecular weight excluding hydrogens is 851 g/mol. The van der Waals surface area contributed by atoms with Gasteiger partial charge in [-0.15, -0.1) is 0 Å². The van der Waals surface area contributed by atoms with E-state index in [1.165, 1.54) is 44.5 Å². The SMILES string of the molecule is c1ccc(-c2ccccc2N(c2ccc(-c3cccc4c3oc3c(-c5ccccc5)c5c(cc34)oc3ccccc35)cc2)c2ccc3c(c2)C2(c4ccccc4-c4ccccc42)c2ccccc2-3)cc1. The summed E-state index contributed by atoms with van der Waals surface area (Å²) in [5.41, 5.74) is 23.2. The fourth-order valence-electron chi connectivity index (χ4n) is 12.2. The Morgan fingerprint density at radius 1 is 0.300 bits per heavy atom. The molecule has 0 fully saturated rings. The molecule has 0 N–H and O–H groups in total. The quantitative estimate of drug-likeness (QED) is 0.167. The van der Waals surface area contributed by atoms with Crippen LogP contribution >= 0.6 is 0 Å². The van der Waals surface area contributed by atoms with Gasteiger partial charge in [0.1, 0.15) is 22.3 Å². The van der Waals surface area contributed by atoms with Gasteiger partial charge in [-0.1, -0.05) is 206 Å². The van der Waals surface area contributed by atoms with Crippen molar-refractivity contribution < 1.29 is 8.83 Å². The summed E-state index contributed by atoms with van der Waals surface area (Å²) in [6.45, 7) is 0. The van der Waals surface area contributed by atoms with Crippen molar-refractivity contribution in [3.8, 4) is 55.6 Å². The summed E-state index contributed by atoms with van der Waals surface area (Å²) in [4.78, 5) is 2.45. The maximum absolute atomic E-state index is 7.14. The van der Waals surface area contributed by atoms with E-state index in [-0.39, 0.29) is 0 Å². The molecule has 0 saturated heterocycles. The first-order valence-corrected chi connectivity index (χ1v) is 24.1. The van der Waals surface area contributed by atoms with E-state index in [4.69, 9.17) is 8.83 Å². The molecule has 1 spiro atoms. The van der Waals surface area contributed by atoms with Crippen LogP contribution in [0.2, 0.25) is 0 Å². The van der Waals surface area contributed by atoms with Gasteiger partial charge >= 0.3 is 0 Å². The molecule has 2 aliphatic rings. The average molecular weight is 892 g/mol. The Kier molecular flexibility index (Phi) is 8.28. The molecule has 3 nitrogen and oxygen atoms in total. The predicted molar refractivity (Wildman–Crippen MR) is 288 cm³/mol. The van der Waals surface area contributed by atoms with Crippen molar-refractivity contribution in [1.29, 1.82) is 0 Å². The molecule has 326 valence electrons. The fourth-order valence-corrected chi connectivity index (χ4v) is 12.2. The Morgan fingerprint density at radius 3 is 1.53 bits per heavy atom. The second kappa shape index (κ2) is 14.9. The van der Waals surface area contributed by atoms with E-state index in [0.29, 0.717) is 0 Å². The number of hydrogen-bond donors (Lipinski definition) is 0. The van der Waals surface area contributed by atoms with Crippen LogP contribution in [0.25, 0.3) is 99.5 Å². The molecule has 0 aliphatic heterocycles. The number of furan rings is 2. The highest BCUT2D eigenvalue weighted by Crippen LogP contribution is 2.63. The van der Waals surface area contributed by atoms with Gasteiger partial charge in [0.05, 0.1) is 11.1 Å². The number of fused-ring (bicyclic) bond motifs is 16. The monoisotopic (exact) mass is 891 g/mol. The molecular formula is C67H41NO2. The third kappa shape index (κ3) is 5.40. The van der Waals surface area contributed by atoms with Crippen molar-refractivity contribution in [2.45, 2.75) is 5.41 Å². The maximum atomic E-state index is 7.14. The van der Waals surface area contributed by atoms with Crippen molar-refractivity contribution in [2.75, 3.05) is 4.90 Å². The van der Waals surface area contributed by atoms with Crippen LogP contribution in [0.4, 0.5) is 17.1 Å². The summed E-state index contributed by atoms with van der Waals surface area (Å²) in [6.07, 6.45) is 0. The molecule has 13 aromatic rings. The van der Waals surface area contributed by atoms with Crippen LogP contribution in [0.5, 0.6) is 0 Å². The van der Waals surface area contributed by atoms with Crippen LogP contribution in [0.3, 0.4) is 0 Å². The van der Waals surface area contributed by atoms with Crippen LogP contribution in [0.15, 0.2) is 258 Å². The molecule has 11 aromatic carbocycles. The van der Waals surface area contributed by atoms with Crippen molar-refractivity contribution in [1.82, 2.24) is 0 Å². The first-order chi connectivity index (χ1) is 34.7. The van der Waals surface area contributed by atoms with Gasteiger partial charge in [-0.2, -0.15) is 0 Å². The highest BCUT2D eigenvalue weighted by Gasteiger charge is 2.51. The average Bonchev–Trinajstić information content (AvgIpc) is 4.17. The number of nitrogens with zero attached hydrogens (tertiary/aromatic N) is 1. The van der Waals surface area contributed by atoms with Crippen molar-refractivity contribution in [3.63, 3.8) is 0 Å². The van der Waals surface area contributed by atoms with E-state index < -0.39 is 5.41 Å². The zero-order valence-corrected chi connectivity index (χ0v) is 37.9. The van der Waals surface area contributed by atoms with E-state index in [2.05, 4.69) is 241 Å². The smallest absolute Gasteiger partial charge is 0.144 e. The minimum Gasteiger partial charge on any atom is -0.456 e. The first-order valence-electron chi connectivity index (χ1n) is 24.1. The van der Waals surface area contributed by atoms with Crippen LogP contribution < -0.4 is 4.90 Å². The lowest BCUT2D eigenvalue weighted by Crippen LogP contribution is -2.26. The number of para-hydroxylation sites is 3. The minimum atomic E-state index is -0.467. The lowest BCUT2D eigenvalue weighted by atomic mass is 9.70. The van der Waals surface area contributed by atoms with Crippen molar-refractivity contribution in [2.24, 2.45) is 0 Å². The molecule has 0 amide bonds. The minimum absolute atomic E-state index is 0.467. The molecule has 2 aromatic heterocycles. The van der Waals surface area contributed by atoms with E-state index in [1.807, 2.05) is 12.1 Å². The summed E-state index contributed by atoms with van der Waals surface area (Å²) >= 11 is 0. The Labute approximate surface area is 404 Å². The van der Waals surface area contributed by atoms with Crippen molar-refractivity contribution >= 4 is 60.9 Å². The van der Waals surface area contributed by atoms with Gasteiger partial charge in [-0.3, -0.25) is 0 Å². The largest absolute Gasteiger partial charge is 0.456 e. The highest BCUT2D eigenvalue weighted by atomic mass is 16.3. The third-order valence-electron chi connectivity index (χ3n) is 15.1. The van der Waals surface area contributed by atoms with Crippen LogP contribution in [0.1, 0.15) is 22.3 Å². The zero-order valence-electron chi connectivity index (χ0n) is 37.9. The molecule has 0 unspecified atom stereocenters. The third-order valence-corrected chi connectivity index (χ3v) is 15.1. The second-order valence-electron chi connectivity index (χ2n) is 18.6. The lowest BCUT2D eigenvalue weighted by Gasteiger charge is -2.32. The van der Waals surface area contributed by atoms with E-state index in [1.54, 1.807) is 0 Å². The fraction of sp³-hybridized carbons (Fsp3) is 0.0149. The lowest BCUT2D eigenvalue weighted by molar-refractivity contribution is 0.665. The molecule has 70 heavy (non-hydrogen) atoms. The summed E-state index contributed by atoms with van der Waals surface area (Å²) in [6, 6.07) is 90.3. The summed E-state index contributed by atoms with van der Waals surface area (Å²) in [5, 5.41) is 4.23. The normalized spacial score (nSPS) is 13.0. The van der Waals surface area contributed by atoms with E-state index in [0.717, 1.165) is 94.3 Å². The Balaban J connectivity index is 0.928. The van der Waals surface area contributed by atoms with E-state index in [9.17, 15) is 0 Å². The van der Waals surface area contributed by atoms with Gasteiger partial charge in [0, 0.05) is 49.6 Å². The molecule has 0 bridgehead atoms. The van der Waals surface area contributed by atoms with Gasteiger partial charge in [-0.05, 0) is 104 Å². The summed E-state index contributed by atoms with van der Waals surface area (Å²) in [7, 11) is 0. The van der Waals surface area contributed by atoms with Gasteiger partial charge in [0.25, 0.3) is 0 Å². The van der Waals surface area contributed by atoms with Crippen LogP contribution in [0, 0.1) is 0 Å². The Hall–Kier alpha value is -9.18. The molecule has 15 rings (SSSR count). The Bertz CT molecular complexity index is 4170. The summed E-state index contributed by atoms with van der Waals surface area (Å²) < 4.78 is 13.7. The molecule has 0 atom stereocenters.